The zero-order valence-corrected chi connectivity index (χ0v) is 15.4. The molecule has 0 aliphatic heterocycles. The fraction of sp³-hybridized carbons (Fsp3) is 0.125. The van der Waals surface area contributed by atoms with E-state index in [9.17, 15) is 4.79 Å². The first-order valence-electron chi connectivity index (χ1n) is 7.34. The molecule has 1 aromatic carbocycles. The number of imidazole rings is 1. The molecule has 0 saturated carbocycles. The molecule has 25 heavy (non-hydrogen) atoms. The van der Waals surface area contributed by atoms with Crippen LogP contribution in [0.2, 0.25) is 0 Å². The molecule has 0 aliphatic carbocycles. The SMILES string of the molecule is COc1ccc2[nH]c(SCc3nc4ccc(Br)cc4c(=O)[nH]3)nc2n1. The minimum absolute atomic E-state index is 0.155. The van der Waals surface area contributed by atoms with Crippen LogP contribution in [-0.2, 0) is 5.75 Å². The average Bonchev–Trinajstić information content (AvgIpc) is 3.02. The lowest BCUT2D eigenvalue weighted by molar-refractivity contribution is 0.399. The van der Waals surface area contributed by atoms with Crippen LogP contribution in [0.15, 0.2) is 44.8 Å². The molecule has 0 atom stereocenters. The molecular formula is C16H12BrN5O2S. The second kappa shape index (κ2) is 6.49. The van der Waals surface area contributed by atoms with Crippen molar-refractivity contribution in [3.05, 3.63) is 51.0 Å². The van der Waals surface area contributed by atoms with Crippen LogP contribution < -0.4 is 10.3 Å². The van der Waals surface area contributed by atoms with Gasteiger partial charge in [0.25, 0.3) is 5.56 Å². The van der Waals surface area contributed by atoms with Gasteiger partial charge in [0.2, 0.25) is 5.88 Å². The van der Waals surface area contributed by atoms with Crippen LogP contribution in [-0.4, -0.2) is 32.0 Å². The zero-order chi connectivity index (χ0) is 17.4. The van der Waals surface area contributed by atoms with Crippen molar-refractivity contribution in [2.24, 2.45) is 0 Å². The number of aromatic amines is 2. The number of nitrogens with one attached hydrogen (secondary N) is 2. The smallest absolute Gasteiger partial charge is 0.258 e. The maximum absolute atomic E-state index is 12.2. The third-order valence-corrected chi connectivity index (χ3v) is 4.95. The van der Waals surface area contributed by atoms with Crippen molar-refractivity contribution < 1.29 is 4.74 Å². The molecule has 3 aromatic heterocycles. The molecule has 0 radical (unpaired) electrons. The third kappa shape index (κ3) is 3.24. The Morgan fingerprint density at radius 2 is 2.04 bits per heavy atom. The lowest BCUT2D eigenvalue weighted by Gasteiger charge is -2.02. The molecule has 0 bridgehead atoms. The monoisotopic (exact) mass is 417 g/mol. The highest BCUT2D eigenvalue weighted by molar-refractivity contribution is 9.10. The first-order valence-corrected chi connectivity index (χ1v) is 9.12. The predicted molar refractivity (Wildman–Crippen MR) is 100 cm³/mol. The van der Waals surface area contributed by atoms with E-state index in [4.69, 9.17) is 4.74 Å². The number of pyridine rings is 1. The van der Waals surface area contributed by atoms with E-state index in [0.29, 0.717) is 39.2 Å². The van der Waals surface area contributed by atoms with E-state index in [1.165, 1.54) is 11.8 Å². The van der Waals surface area contributed by atoms with Crippen LogP contribution in [0.3, 0.4) is 0 Å². The molecule has 126 valence electrons. The van der Waals surface area contributed by atoms with Gasteiger partial charge >= 0.3 is 0 Å². The van der Waals surface area contributed by atoms with Gasteiger partial charge in [-0.1, -0.05) is 27.7 Å². The summed E-state index contributed by atoms with van der Waals surface area (Å²) >= 11 is 4.81. The molecule has 0 unspecified atom stereocenters. The van der Waals surface area contributed by atoms with Gasteiger partial charge in [0.05, 0.1) is 29.3 Å². The number of thioether (sulfide) groups is 1. The maximum Gasteiger partial charge on any atom is 0.258 e. The van der Waals surface area contributed by atoms with Crippen molar-refractivity contribution in [1.82, 2.24) is 24.9 Å². The van der Waals surface area contributed by atoms with E-state index < -0.39 is 0 Å². The zero-order valence-electron chi connectivity index (χ0n) is 13.0. The summed E-state index contributed by atoms with van der Waals surface area (Å²) in [6.07, 6.45) is 0. The third-order valence-electron chi connectivity index (χ3n) is 3.57. The molecule has 0 saturated heterocycles. The van der Waals surface area contributed by atoms with Crippen LogP contribution >= 0.6 is 27.7 Å². The maximum atomic E-state index is 12.2. The van der Waals surface area contributed by atoms with Crippen LogP contribution in [0, 0.1) is 0 Å². The number of rotatable bonds is 4. The summed E-state index contributed by atoms with van der Waals surface area (Å²) in [7, 11) is 1.57. The number of hydrogen-bond donors (Lipinski definition) is 2. The molecule has 0 aliphatic rings. The Hall–Kier alpha value is -2.39. The second-order valence-electron chi connectivity index (χ2n) is 5.23. The van der Waals surface area contributed by atoms with E-state index >= 15 is 0 Å². The van der Waals surface area contributed by atoms with Crippen molar-refractivity contribution in [2.45, 2.75) is 10.9 Å². The van der Waals surface area contributed by atoms with E-state index in [0.717, 1.165) is 9.99 Å². The summed E-state index contributed by atoms with van der Waals surface area (Å²) in [5.74, 6) is 1.59. The van der Waals surface area contributed by atoms with Crippen molar-refractivity contribution in [1.29, 1.82) is 0 Å². The number of fused-ring (bicyclic) bond motifs is 2. The second-order valence-corrected chi connectivity index (χ2v) is 7.11. The Bertz CT molecular complexity index is 1140. The summed E-state index contributed by atoms with van der Waals surface area (Å²) in [5, 5.41) is 1.26. The lowest BCUT2D eigenvalue weighted by atomic mass is 10.2. The Balaban J connectivity index is 1.59. The number of H-pyrrole nitrogens is 2. The Morgan fingerprint density at radius 1 is 1.16 bits per heavy atom. The van der Waals surface area contributed by atoms with Crippen LogP contribution in [0.5, 0.6) is 5.88 Å². The molecule has 0 amide bonds. The lowest BCUT2D eigenvalue weighted by Crippen LogP contribution is -2.11. The highest BCUT2D eigenvalue weighted by atomic mass is 79.9. The molecule has 0 fully saturated rings. The number of benzene rings is 1. The minimum atomic E-state index is -0.155. The van der Waals surface area contributed by atoms with E-state index in [2.05, 4.69) is 40.8 Å². The standard InChI is InChI=1S/C16H12BrN5O2S/c1-24-13-5-4-11-14(21-13)22-16(19-11)25-7-12-18-10-3-2-8(17)6-9(10)15(23)20-12/h2-6H,7H2,1H3,(H,18,20,23)(H,19,21,22). The van der Waals surface area contributed by atoms with Gasteiger partial charge in [-0.3, -0.25) is 4.79 Å². The van der Waals surface area contributed by atoms with E-state index in [1.807, 2.05) is 18.2 Å². The van der Waals surface area contributed by atoms with Gasteiger partial charge < -0.3 is 14.7 Å². The predicted octanol–water partition coefficient (Wildman–Crippen LogP) is 3.26. The van der Waals surface area contributed by atoms with E-state index in [1.54, 1.807) is 19.2 Å². The van der Waals surface area contributed by atoms with Gasteiger partial charge in [-0.05, 0) is 24.3 Å². The largest absolute Gasteiger partial charge is 0.481 e. The Labute approximate surface area is 154 Å². The van der Waals surface area contributed by atoms with Gasteiger partial charge in [-0.25, -0.2) is 9.97 Å². The summed E-state index contributed by atoms with van der Waals surface area (Å²) in [6.45, 7) is 0. The quantitative estimate of drug-likeness (QED) is 0.494. The Morgan fingerprint density at radius 3 is 2.88 bits per heavy atom. The first kappa shape index (κ1) is 16.1. The van der Waals surface area contributed by atoms with Gasteiger partial charge in [0.1, 0.15) is 5.82 Å². The molecule has 3 heterocycles. The van der Waals surface area contributed by atoms with Gasteiger partial charge in [0.15, 0.2) is 10.8 Å². The summed E-state index contributed by atoms with van der Waals surface area (Å²) in [4.78, 5) is 31.4. The number of hydrogen-bond acceptors (Lipinski definition) is 6. The molecule has 2 N–H and O–H groups in total. The molecular weight excluding hydrogens is 406 g/mol. The Kier molecular flexibility index (Phi) is 4.18. The molecule has 4 rings (SSSR count). The normalized spacial score (nSPS) is 11.3. The molecule has 4 aromatic rings. The van der Waals surface area contributed by atoms with Crippen molar-refractivity contribution in [3.8, 4) is 5.88 Å². The van der Waals surface area contributed by atoms with Gasteiger partial charge in [0, 0.05) is 10.5 Å². The van der Waals surface area contributed by atoms with Crippen LogP contribution in [0.1, 0.15) is 5.82 Å². The molecule has 7 nitrogen and oxygen atoms in total. The molecule has 0 spiro atoms. The number of halogens is 1. The average molecular weight is 418 g/mol. The molecule has 9 heteroatoms. The summed E-state index contributed by atoms with van der Waals surface area (Å²) in [5.41, 5.74) is 1.93. The fourth-order valence-electron chi connectivity index (χ4n) is 2.40. The minimum Gasteiger partial charge on any atom is -0.481 e. The summed E-state index contributed by atoms with van der Waals surface area (Å²) in [6, 6.07) is 9.09. The van der Waals surface area contributed by atoms with Crippen molar-refractivity contribution in [2.75, 3.05) is 7.11 Å². The van der Waals surface area contributed by atoms with Crippen LogP contribution in [0.4, 0.5) is 0 Å². The number of nitrogens with zero attached hydrogens (tertiary/aromatic N) is 3. The van der Waals surface area contributed by atoms with Gasteiger partial charge in [-0.2, -0.15) is 4.98 Å². The number of ether oxygens (including phenoxy) is 1. The highest BCUT2D eigenvalue weighted by Crippen LogP contribution is 2.23. The van der Waals surface area contributed by atoms with Crippen LogP contribution in [0.25, 0.3) is 22.1 Å². The summed E-state index contributed by atoms with van der Waals surface area (Å²) < 4.78 is 5.95. The first-order chi connectivity index (χ1) is 12.1. The van der Waals surface area contributed by atoms with Crippen molar-refractivity contribution >= 4 is 49.8 Å². The van der Waals surface area contributed by atoms with E-state index in [-0.39, 0.29) is 5.56 Å². The fourth-order valence-corrected chi connectivity index (χ4v) is 3.50. The highest BCUT2D eigenvalue weighted by Gasteiger charge is 2.09. The van der Waals surface area contributed by atoms with Crippen molar-refractivity contribution in [3.63, 3.8) is 0 Å². The number of aromatic nitrogens is 5. The topological polar surface area (TPSA) is 96.5 Å². The number of methoxy groups -OCH3 is 1. The van der Waals surface area contributed by atoms with Gasteiger partial charge in [-0.15, -0.1) is 0 Å².